The molecule has 1 N–H and O–H groups in total. The van der Waals surface area contributed by atoms with Crippen molar-refractivity contribution in [1.29, 1.82) is 0 Å². The van der Waals surface area contributed by atoms with Gasteiger partial charge in [-0.1, -0.05) is 0 Å². The normalized spacial score (nSPS) is 25.4. The molecule has 0 saturated heterocycles. The number of nitrogens with zero attached hydrogens (tertiary/aromatic N) is 2. The standard InChI is InChI=1S/C12H17FN2O/c1-15(9-4-6-10(16)7-5-9)12-11(13)3-2-8-14-12/h2-3,8-10,16H,4-7H2,1H3. The van der Waals surface area contributed by atoms with Crippen LogP contribution in [-0.2, 0) is 0 Å². The Labute approximate surface area is 94.9 Å². The van der Waals surface area contributed by atoms with Gasteiger partial charge < -0.3 is 10.0 Å². The van der Waals surface area contributed by atoms with Gasteiger partial charge in [0, 0.05) is 19.3 Å². The number of hydrogen-bond donors (Lipinski definition) is 1. The van der Waals surface area contributed by atoms with E-state index in [2.05, 4.69) is 4.98 Å². The number of anilines is 1. The summed E-state index contributed by atoms with van der Waals surface area (Å²) in [5.41, 5.74) is 0. The highest BCUT2D eigenvalue weighted by Gasteiger charge is 2.24. The second-order valence-corrected chi connectivity index (χ2v) is 4.38. The minimum Gasteiger partial charge on any atom is -0.393 e. The van der Waals surface area contributed by atoms with Gasteiger partial charge in [-0.05, 0) is 37.8 Å². The molecule has 1 fully saturated rings. The Kier molecular flexibility index (Phi) is 3.39. The van der Waals surface area contributed by atoms with E-state index in [1.807, 2.05) is 11.9 Å². The lowest BCUT2D eigenvalue weighted by Gasteiger charge is -2.33. The number of pyridine rings is 1. The van der Waals surface area contributed by atoms with Crippen molar-refractivity contribution in [3.05, 3.63) is 24.1 Å². The summed E-state index contributed by atoms with van der Waals surface area (Å²) in [6.45, 7) is 0. The van der Waals surface area contributed by atoms with Crippen molar-refractivity contribution < 1.29 is 9.50 Å². The van der Waals surface area contributed by atoms with Crippen molar-refractivity contribution in [2.45, 2.75) is 37.8 Å². The summed E-state index contributed by atoms with van der Waals surface area (Å²) in [4.78, 5) is 5.95. The molecule has 1 aromatic heterocycles. The van der Waals surface area contributed by atoms with Gasteiger partial charge in [0.2, 0.25) is 0 Å². The van der Waals surface area contributed by atoms with Crippen LogP contribution in [0.4, 0.5) is 10.2 Å². The van der Waals surface area contributed by atoms with E-state index in [-0.39, 0.29) is 18.0 Å². The number of halogens is 1. The molecule has 1 aromatic rings. The third-order valence-corrected chi connectivity index (χ3v) is 3.29. The molecule has 0 atom stereocenters. The van der Waals surface area contributed by atoms with E-state index >= 15 is 0 Å². The van der Waals surface area contributed by atoms with Crippen LogP contribution in [0.15, 0.2) is 18.3 Å². The predicted octanol–water partition coefficient (Wildman–Crippen LogP) is 1.96. The fourth-order valence-corrected chi connectivity index (χ4v) is 2.26. The summed E-state index contributed by atoms with van der Waals surface area (Å²) in [7, 11) is 1.87. The molecule has 4 heteroatoms. The summed E-state index contributed by atoms with van der Waals surface area (Å²) in [6.07, 6.45) is 4.80. The van der Waals surface area contributed by atoms with E-state index in [1.54, 1.807) is 12.3 Å². The third-order valence-electron chi connectivity index (χ3n) is 3.29. The summed E-state index contributed by atoms with van der Waals surface area (Å²) < 4.78 is 13.5. The zero-order valence-corrected chi connectivity index (χ0v) is 9.43. The highest BCUT2D eigenvalue weighted by molar-refractivity contribution is 5.39. The Hall–Kier alpha value is -1.16. The van der Waals surface area contributed by atoms with Crippen LogP contribution >= 0.6 is 0 Å². The highest BCUT2D eigenvalue weighted by Crippen LogP contribution is 2.26. The third kappa shape index (κ3) is 2.32. The van der Waals surface area contributed by atoms with Crippen LogP contribution in [0.1, 0.15) is 25.7 Å². The van der Waals surface area contributed by atoms with Gasteiger partial charge in [0.1, 0.15) is 0 Å². The number of aromatic nitrogens is 1. The first-order chi connectivity index (χ1) is 7.68. The van der Waals surface area contributed by atoms with E-state index < -0.39 is 0 Å². The summed E-state index contributed by atoms with van der Waals surface area (Å²) in [5.74, 6) is 0.125. The second kappa shape index (κ2) is 4.78. The molecule has 16 heavy (non-hydrogen) atoms. The number of aliphatic hydroxyl groups is 1. The van der Waals surface area contributed by atoms with E-state index in [0.29, 0.717) is 5.82 Å². The van der Waals surface area contributed by atoms with Crippen LogP contribution in [0.3, 0.4) is 0 Å². The Morgan fingerprint density at radius 3 is 2.69 bits per heavy atom. The quantitative estimate of drug-likeness (QED) is 0.834. The minimum absolute atomic E-state index is 0.182. The lowest BCUT2D eigenvalue weighted by Crippen LogP contribution is -2.37. The van der Waals surface area contributed by atoms with E-state index in [0.717, 1.165) is 25.7 Å². The summed E-state index contributed by atoms with van der Waals surface area (Å²) >= 11 is 0. The molecular formula is C12H17FN2O. The fourth-order valence-electron chi connectivity index (χ4n) is 2.26. The Bertz CT molecular complexity index is 351. The van der Waals surface area contributed by atoms with E-state index in [9.17, 15) is 9.50 Å². The van der Waals surface area contributed by atoms with Gasteiger partial charge in [0.05, 0.1) is 6.10 Å². The van der Waals surface area contributed by atoms with Gasteiger partial charge in [-0.25, -0.2) is 9.37 Å². The predicted molar refractivity (Wildman–Crippen MR) is 60.9 cm³/mol. The Balaban J connectivity index is 2.07. The van der Waals surface area contributed by atoms with Crippen molar-refractivity contribution in [2.24, 2.45) is 0 Å². The summed E-state index contributed by atoms with van der Waals surface area (Å²) in [5, 5.41) is 9.43. The zero-order valence-electron chi connectivity index (χ0n) is 9.43. The van der Waals surface area contributed by atoms with Crippen molar-refractivity contribution in [3.8, 4) is 0 Å². The molecule has 0 unspecified atom stereocenters. The number of rotatable bonds is 2. The van der Waals surface area contributed by atoms with Crippen molar-refractivity contribution in [2.75, 3.05) is 11.9 Å². The first kappa shape index (κ1) is 11.3. The van der Waals surface area contributed by atoms with Crippen molar-refractivity contribution in [1.82, 2.24) is 4.98 Å². The summed E-state index contributed by atoms with van der Waals surface area (Å²) in [6, 6.07) is 3.31. The van der Waals surface area contributed by atoms with Gasteiger partial charge in [-0.2, -0.15) is 0 Å². The van der Waals surface area contributed by atoms with Crippen LogP contribution in [-0.4, -0.2) is 29.3 Å². The maximum atomic E-state index is 13.5. The van der Waals surface area contributed by atoms with Crippen LogP contribution < -0.4 is 4.90 Å². The average Bonchev–Trinajstić information content (AvgIpc) is 2.30. The second-order valence-electron chi connectivity index (χ2n) is 4.38. The van der Waals surface area contributed by atoms with Crippen molar-refractivity contribution >= 4 is 5.82 Å². The van der Waals surface area contributed by atoms with Gasteiger partial charge in [-0.15, -0.1) is 0 Å². The maximum Gasteiger partial charge on any atom is 0.165 e. The smallest absolute Gasteiger partial charge is 0.165 e. The Morgan fingerprint density at radius 2 is 2.06 bits per heavy atom. The molecule has 2 rings (SSSR count). The zero-order chi connectivity index (χ0) is 11.5. The van der Waals surface area contributed by atoms with Crippen molar-refractivity contribution in [3.63, 3.8) is 0 Å². The molecule has 1 aliphatic carbocycles. The highest BCUT2D eigenvalue weighted by atomic mass is 19.1. The van der Waals surface area contributed by atoms with Gasteiger partial charge >= 0.3 is 0 Å². The van der Waals surface area contributed by atoms with E-state index in [4.69, 9.17) is 0 Å². The Morgan fingerprint density at radius 1 is 1.38 bits per heavy atom. The molecule has 1 aliphatic rings. The molecule has 0 amide bonds. The molecule has 0 radical (unpaired) electrons. The molecule has 1 heterocycles. The molecule has 1 saturated carbocycles. The minimum atomic E-state index is -0.281. The topological polar surface area (TPSA) is 36.4 Å². The first-order valence-corrected chi connectivity index (χ1v) is 5.70. The van der Waals surface area contributed by atoms with Gasteiger partial charge in [0.15, 0.2) is 11.6 Å². The molecular weight excluding hydrogens is 207 g/mol. The van der Waals surface area contributed by atoms with Crippen LogP contribution in [0.5, 0.6) is 0 Å². The molecule has 0 spiro atoms. The van der Waals surface area contributed by atoms with Crippen LogP contribution in [0.25, 0.3) is 0 Å². The maximum absolute atomic E-state index is 13.5. The molecule has 88 valence electrons. The molecule has 0 aromatic carbocycles. The monoisotopic (exact) mass is 224 g/mol. The largest absolute Gasteiger partial charge is 0.393 e. The number of aliphatic hydroxyl groups excluding tert-OH is 1. The average molecular weight is 224 g/mol. The van der Waals surface area contributed by atoms with E-state index in [1.165, 1.54) is 6.07 Å². The lowest BCUT2D eigenvalue weighted by atomic mass is 9.92. The lowest BCUT2D eigenvalue weighted by molar-refractivity contribution is 0.122. The first-order valence-electron chi connectivity index (χ1n) is 5.70. The SMILES string of the molecule is CN(c1ncccc1F)C1CCC(O)CC1. The van der Waals surface area contributed by atoms with Crippen LogP contribution in [0.2, 0.25) is 0 Å². The molecule has 0 aliphatic heterocycles. The number of hydrogen-bond acceptors (Lipinski definition) is 3. The molecule has 0 bridgehead atoms. The fraction of sp³-hybridized carbons (Fsp3) is 0.583. The molecule has 3 nitrogen and oxygen atoms in total. The van der Waals surface area contributed by atoms with Gasteiger partial charge in [-0.3, -0.25) is 0 Å². The van der Waals surface area contributed by atoms with Gasteiger partial charge in [0.25, 0.3) is 0 Å². The van der Waals surface area contributed by atoms with Crippen LogP contribution in [0, 0.1) is 5.82 Å².